The summed E-state index contributed by atoms with van der Waals surface area (Å²) in [6, 6.07) is 5.90. The highest BCUT2D eigenvalue weighted by Gasteiger charge is 2.31. The number of hydrogen-bond acceptors (Lipinski definition) is 2. The smallest absolute Gasteiger partial charge is 0.406 e. The van der Waals surface area contributed by atoms with Crippen molar-refractivity contribution >= 4 is 0 Å². The highest BCUT2D eigenvalue weighted by molar-refractivity contribution is 5.57. The van der Waals surface area contributed by atoms with Crippen molar-refractivity contribution in [3.8, 4) is 17.1 Å². The van der Waals surface area contributed by atoms with E-state index < -0.39 is 6.36 Å². The topological polar surface area (TPSA) is 27.1 Å². The number of alkyl halides is 3. The van der Waals surface area contributed by atoms with Gasteiger partial charge < -0.3 is 9.30 Å². The van der Waals surface area contributed by atoms with Crippen molar-refractivity contribution in [1.82, 2.24) is 9.55 Å². The lowest BCUT2D eigenvalue weighted by molar-refractivity contribution is -0.274. The van der Waals surface area contributed by atoms with Crippen LogP contribution >= 0.6 is 0 Å². The molecule has 2 rings (SSSR count). The molecular formula is C13H13F3N2O. The van der Waals surface area contributed by atoms with Gasteiger partial charge in [0.25, 0.3) is 0 Å². The van der Waals surface area contributed by atoms with Gasteiger partial charge >= 0.3 is 6.36 Å². The van der Waals surface area contributed by atoms with E-state index in [4.69, 9.17) is 0 Å². The lowest BCUT2D eigenvalue weighted by Gasteiger charge is -2.12. The number of ether oxygens (including phenoxy) is 1. The van der Waals surface area contributed by atoms with E-state index in [0.717, 1.165) is 5.56 Å². The van der Waals surface area contributed by atoms with E-state index in [1.54, 1.807) is 18.3 Å². The summed E-state index contributed by atoms with van der Waals surface area (Å²) in [7, 11) is 0. The molecule has 0 spiro atoms. The molecule has 1 aromatic heterocycles. The van der Waals surface area contributed by atoms with E-state index in [1.165, 1.54) is 12.1 Å². The zero-order valence-electron chi connectivity index (χ0n) is 10.5. The number of aromatic nitrogens is 2. The second-order valence-electron chi connectivity index (χ2n) is 4.32. The van der Waals surface area contributed by atoms with Gasteiger partial charge in [-0.05, 0) is 38.1 Å². The lowest BCUT2D eigenvalue weighted by atomic mass is 10.2. The van der Waals surface area contributed by atoms with Gasteiger partial charge in [0.15, 0.2) is 0 Å². The molecule has 19 heavy (non-hydrogen) atoms. The number of hydrogen-bond donors (Lipinski definition) is 0. The Morgan fingerprint density at radius 1 is 1.16 bits per heavy atom. The van der Waals surface area contributed by atoms with Crippen molar-refractivity contribution in [1.29, 1.82) is 0 Å². The van der Waals surface area contributed by atoms with Crippen LogP contribution in [0.5, 0.6) is 5.75 Å². The molecule has 0 saturated carbocycles. The molecule has 0 aliphatic carbocycles. The normalized spacial score (nSPS) is 11.9. The number of halogens is 3. The van der Waals surface area contributed by atoms with Gasteiger partial charge in [-0.3, -0.25) is 0 Å². The molecule has 2 aromatic rings. The number of rotatable bonds is 3. The van der Waals surface area contributed by atoms with E-state index in [1.807, 2.05) is 24.6 Å². The third-order valence-corrected chi connectivity index (χ3v) is 2.57. The first kappa shape index (κ1) is 13.5. The fourth-order valence-electron chi connectivity index (χ4n) is 1.76. The van der Waals surface area contributed by atoms with Crippen LogP contribution in [0.2, 0.25) is 0 Å². The third kappa shape index (κ3) is 3.27. The van der Waals surface area contributed by atoms with Gasteiger partial charge in [0.1, 0.15) is 11.6 Å². The molecule has 0 bridgehead atoms. The van der Waals surface area contributed by atoms with Gasteiger partial charge in [0, 0.05) is 24.0 Å². The summed E-state index contributed by atoms with van der Waals surface area (Å²) in [5.41, 5.74) is 0.744. The summed E-state index contributed by atoms with van der Waals surface area (Å²) in [4.78, 5) is 4.21. The number of benzene rings is 1. The molecular weight excluding hydrogens is 257 g/mol. The molecule has 1 aromatic carbocycles. The molecule has 0 atom stereocenters. The van der Waals surface area contributed by atoms with Gasteiger partial charge in [-0.2, -0.15) is 0 Å². The van der Waals surface area contributed by atoms with Crippen LogP contribution in [0.3, 0.4) is 0 Å². The molecule has 102 valence electrons. The average Bonchev–Trinajstić information content (AvgIpc) is 2.76. The number of nitrogens with zero attached hydrogens (tertiary/aromatic N) is 2. The summed E-state index contributed by atoms with van der Waals surface area (Å²) in [5, 5.41) is 0. The van der Waals surface area contributed by atoms with E-state index in [-0.39, 0.29) is 11.8 Å². The highest BCUT2D eigenvalue weighted by Crippen LogP contribution is 2.26. The van der Waals surface area contributed by atoms with Crippen molar-refractivity contribution in [2.24, 2.45) is 0 Å². The van der Waals surface area contributed by atoms with Gasteiger partial charge in [-0.25, -0.2) is 4.98 Å². The van der Waals surface area contributed by atoms with Crippen LogP contribution in [0.4, 0.5) is 13.2 Å². The maximum atomic E-state index is 12.0. The van der Waals surface area contributed by atoms with Crippen molar-refractivity contribution in [3.05, 3.63) is 36.7 Å². The van der Waals surface area contributed by atoms with Crippen LogP contribution in [0.1, 0.15) is 19.9 Å². The molecule has 0 unspecified atom stereocenters. The average molecular weight is 270 g/mol. The fraction of sp³-hybridized carbons (Fsp3) is 0.308. The fourth-order valence-corrected chi connectivity index (χ4v) is 1.76. The summed E-state index contributed by atoms with van der Waals surface area (Å²) < 4.78 is 41.9. The van der Waals surface area contributed by atoms with E-state index >= 15 is 0 Å². The van der Waals surface area contributed by atoms with Crippen LogP contribution in [0.15, 0.2) is 36.7 Å². The zero-order valence-corrected chi connectivity index (χ0v) is 10.5. The van der Waals surface area contributed by atoms with E-state index in [2.05, 4.69) is 9.72 Å². The van der Waals surface area contributed by atoms with Crippen LogP contribution < -0.4 is 4.74 Å². The molecule has 0 amide bonds. The summed E-state index contributed by atoms with van der Waals surface area (Å²) in [5.74, 6) is 0.479. The Labute approximate surface area is 108 Å². The quantitative estimate of drug-likeness (QED) is 0.842. The summed E-state index contributed by atoms with van der Waals surface area (Å²) in [6.45, 7) is 4.01. The minimum Gasteiger partial charge on any atom is -0.406 e. The minimum atomic E-state index is -4.67. The number of imidazole rings is 1. The summed E-state index contributed by atoms with van der Waals surface area (Å²) >= 11 is 0. The molecule has 1 heterocycles. The van der Waals surface area contributed by atoms with Crippen LogP contribution in [-0.2, 0) is 0 Å². The lowest BCUT2D eigenvalue weighted by Crippen LogP contribution is -2.16. The maximum Gasteiger partial charge on any atom is 0.573 e. The first-order valence-corrected chi connectivity index (χ1v) is 5.76. The Bertz CT molecular complexity index is 544. The minimum absolute atomic E-state index is 0.226. The largest absolute Gasteiger partial charge is 0.573 e. The standard InChI is InChI=1S/C13H13F3N2O/c1-9(2)18-8-7-17-12(18)10-3-5-11(6-4-10)19-13(14,15)16/h3-9H,1-2H3. The first-order chi connectivity index (χ1) is 8.87. The maximum absolute atomic E-state index is 12.0. The van der Waals surface area contributed by atoms with Crippen molar-refractivity contribution in [2.45, 2.75) is 26.3 Å². The van der Waals surface area contributed by atoms with Gasteiger partial charge in [0.05, 0.1) is 0 Å². The molecule has 0 aliphatic heterocycles. The molecule has 0 saturated heterocycles. The van der Waals surface area contributed by atoms with Crippen LogP contribution in [0.25, 0.3) is 11.4 Å². The van der Waals surface area contributed by atoms with Gasteiger partial charge in [-0.1, -0.05) is 0 Å². The Balaban J connectivity index is 2.25. The molecule has 3 nitrogen and oxygen atoms in total. The summed E-state index contributed by atoms with van der Waals surface area (Å²) in [6.07, 6.45) is -1.17. The van der Waals surface area contributed by atoms with E-state index in [9.17, 15) is 13.2 Å². The SMILES string of the molecule is CC(C)n1ccnc1-c1ccc(OC(F)(F)F)cc1. The molecule has 0 N–H and O–H groups in total. The second kappa shape index (κ2) is 4.95. The monoisotopic (exact) mass is 270 g/mol. The molecule has 0 aliphatic rings. The first-order valence-electron chi connectivity index (χ1n) is 5.76. The third-order valence-electron chi connectivity index (χ3n) is 2.57. The van der Waals surface area contributed by atoms with E-state index in [0.29, 0.717) is 5.82 Å². The predicted octanol–water partition coefficient (Wildman–Crippen LogP) is 4.03. The van der Waals surface area contributed by atoms with Crippen LogP contribution in [0, 0.1) is 0 Å². The highest BCUT2D eigenvalue weighted by atomic mass is 19.4. The molecule has 0 fully saturated rings. The Hall–Kier alpha value is -1.98. The Kier molecular flexibility index (Phi) is 3.50. The Morgan fingerprint density at radius 2 is 1.79 bits per heavy atom. The van der Waals surface area contributed by atoms with Crippen molar-refractivity contribution < 1.29 is 17.9 Å². The molecule has 6 heteroatoms. The van der Waals surface area contributed by atoms with Gasteiger partial charge in [0.2, 0.25) is 0 Å². The van der Waals surface area contributed by atoms with Crippen molar-refractivity contribution in [3.63, 3.8) is 0 Å². The predicted molar refractivity (Wildman–Crippen MR) is 64.7 cm³/mol. The van der Waals surface area contributed by atoms with Gasteiger partial charge in [-0.15, -0.1) is 13.2 Å². The van der Waals surface area contributed by atoms with Crippen molar-refractivity contribution in [2.75, 3.05) is 0 Å². The van der Waals surface area contributed by atoms with Crippen LogP contribution in [-0.4, -0.2) is 15.9 Å². The second-order valence-corrected chi connectivity index (χ2v) is 4.32. The Morgan fingerprint density at radius 3 is 2.32 bits per heavy atom. The molecule has 0 radical (unpaired) electrons. The zero-order chi connectivity index (χ0) is 14.0.